The van der Waals surface area contributed by atoms with E-state index in [0.717, 1.165) is 5.56 Å². The second-order valence-electron chi connectivity index (χ2n) is 1.99. The summed E-state index contributed by atoms with van der Waals surface area (Å²) in [4.78, 5) is 0. The first-order valence-electron chi connectivity index (χ1n) is 3.05. The standard InChI is InChI=1S/C9H10/c1-3-9-7-5-4-6-8(9)2/h3-7H,2H2,1H3. The number of benzene rings is 1. The van der Waals surface area contributed by atoms with Crippen molar-refractivity contribution in [3.05, 3.63) is 48.7 Å². The van der Waals surface area contributed by atoms with Gasteiger partial charge in [0.2, 0.25) is 0 Å². The van der Waals surface area contributed by atoms with Crippen molar-refractivity contribution in [1.82, 2.24) is 0 Å². The van der Waals surface area contributed by atoms with Gasteiger partial charge < -0.3 is 0 Å². The lowest BCUT2D eigenvalue weighted by molar-refractivity contribution is 1.39. The molecular formula is C9H10. The molecule has 2 radical (unpaired) electrons. The fraction of sp³-hybridized carbons (Fsp3) is 0.111. The van der Waals surface area contributed by atoms with E-state index in [4.69, 9.17) is 0 Å². The summed E-state index contributed by atoms with van der Waals surface area (Å²) in [7, 11) is 0. The lowest BCUT2D eigenvalue weighted by atomic mass is 10.1. The van der Waals surface area contributed by atoms with E-state index in [1.165, 1.54) is 5.56 Å². The fourth-order valence-electron chi connectivity index (χ4n) is 0.816. The molecule has 0 aliphatic heterocycles. The second-order valence-corrected chi connectivity index (χ2v) is 1.99. The summed E-state index contributed by atoms with van der Waals surface area (Å²) in [5, 5.41) is 0. The van der Waals surface area contributed by atoms with Crippen molar-refractivity contribution >= 4 is 0 Å². The van der Waals surface area contributed by atoms with Gasteiger partial charge in [0.05, 0.1) is 0 Å². The monoisotopic (exact) mass is 118 g/mol. The molecule has 0 saturated carbocycles. The van der Waals surface area contributed by atoms with Gasteiger partial charge in [0.25, 0.3) is 0 Å². The van der Waals surface area contributed by atoms with Gasteiger partial charge in [-0.3, -0.25) is 0 Å². The van der Waals surface area contributed by atoms with Crippen molar-refractivity contribution in [1.29, 1.82) is 0 Å². The van der Waals surface area contributed by atoms with Crippen molar-refractivity contribution in [2.24, 2.45) is 0 Å². The third kappa shape index (κ3) is 1.32. The maximum Gasteiger partial charge on any atom is -0.0121 e. The zero-order chi connectivity index (χ0) is 6.69. The number of hydrogen-bond donors (Lipinski definition) is 0. The summed E-state index contributed by atoms with van der Waals surface area (Å²) in [5.74, 6) is 0. The molecule has 0 spiro atoms. The number of hydrogen-bond acceptors (Lipinski definition) is 0. The first-order valence-corrected chi connectivity index (χ1v) is 3.05. The SMILES string of the molecule is [CH2]c1ccccc1[CH]C. The first kappa shape index (κ1) is 6.34. The van der Waals surface area contributed by atoms with E-state index in [0.29, 0.717) is 0 Å². The Morgan fingerprint density at radius 3 is 2.44 bits per heavy atom. The maximum absolute atomic E-state index is 3.86. The molecule has 0 aromatic heterocycles. The fourth-order valence-corrected chi connectivity index (χ4v) is 0.816. The van der Waals surface area contributed by atoms with Crippen LogP contribution in [0.2, 0.25) is 0 Å². The van der Waals surface area contributed by atoms with Gasteiger partial charge in [-0.2, -0.15) is 0 Å². The van der Waals surface area contributed by atoms with Gasteiger partial charge in [-0.05, 0) is 24.5 Å². The molecule has 0 heteroatoms. The highest BCUT2D eigenvalue weighted by molar-refractivity contribution is 5.33. The highest BCUT2D eigenvalue weighted by atomic mass is 13.9. The van der Waals surface area contributed by atoms with Gasteiger partial charge in [0.1, 0.15) is 0 Å². The zero-order valence-corrected chi connectivity index (χ0v) is 5.59. The zero-order valence-electron chi connectivity index (χ0n) is 5.59. The molecule has 0 fully saturated rings. The van der Waals surface area contributed by atoms with Crippen LogP contribution in [-0.2, 0) is 0 Å². The van der Waals surface area contributed by atoms with Crippen LogP contribution in [0, 0.1) is 13.3 Å². The molecule has 9 heavy (non-hydrogen) atoms. The van der Waals surface area contributed by atoms with Crippen LogP contribution in [0.15, 0.2) is 24.3 Å². The topological polar surface area (TPSA) is 0 Å². The normalized spacial score (nSPS) is 9.56. The van der Waals surface area contributed by atoms with Crippen molar-refractivity contribution in [2.75, 3.05) is 0 Å². The predicted octanol–water partition coefficient (Wildman–Crippen LogP) is 2.44. The second kappa shape index (κ2) is 2.67. The summed E-state index contributed by atoms with van der Waals surface area (Å²) in [6.45, 7) is 5.88. The highest BCUT2D eigenvalue weighted by Gasteiger charge is 1.90. The molecule has 0 amide bonds. The molecule has 0 N–H and O–H groups in total. The smallest absolute Gasteiger partial charge is 0.0121 e. The minimum absolute atomic E-state index is 1.10. The van der Waals surface area contributed by atoms with E-state index in [-0.39, 0.29) is 0 Å². The minimum atomic E-state index is 1.10. The number of rotatable bonds is 1. The summed E-state index contributed by atoms with van der Waals surface area (Å²) < 4.78 is 0. The molecule has 0 heterocycles. The van der Waals surface area contributed by atoms with Crippen LogP contribution in [0.4, 0.5) is 0 Å². The first-order chi connectivity index (χ1) is 4.34. The Morgan fingerprint density at radius 1 is 1.33 bits per heavy atom. The van der Waals surface area contributed by atoms with Crippen LogP contribution in [0.25, 0.3) is 0 Å². The Kier molecular flexibility index (Phi) is 1.88. The van der Waals surface area contributed by atoms with Gasteiger partial charge in [-0.25, -0.2) is 0 Å². The van der Waals surface area contributed by atoms with Crippen molar-refractivity contribution in [3.8, 4) is 0 Å². The molecule has 1 aromatic carbocycles. The lowest BCUT2D eigenvalue weighted by Gasteiger charge is -1.97. The highest BCUT2D eigenvalue weighted by Crippen LogP contribution is 2.07. The molecule has 0 aliphatic rings. The third-order valence-electron chi connectivity index (χ3n) is 1.37. The molecular weight excluding hydrogens is 108 g/mol. The van der Waals surface area contributed by atoms with Crippen molar-refractivity contribution in [2.45, 2.75) is 6.92 Å². The Labute approximate surface area is 56.5 Å². The van der Waals surface area contributed by atoms with E-state index >= 15 is 0 Å². The van der Waals surface area contributed by atoms with Crippen LogP contribution in [0.1, 0.15) is 18.1 Å². The molecule has 0 nitrogen and oxygen atoms in total. The van der Waals surface area contributed by atoms with Crippen LogP contribution >= 0.6 is 0 Å². The summed E-state index contributed by atoms with van der Waals surface area (Å²) in [6, 6.07) is 8.08. The molecule has 0 aliphatic carbocycles. The van der Waals surface area contributed by atoms with E-state index in [1.54, 1.807) is 0 Å². The van der Waals surface area contributed by atoms with Gasteiger partial charge >= 0.3 is 0 Å². The van der Waals surface area contributed by atoms with Crippen molar-refractivity contribution in [3.63, 3.8) is 0 Å². The van der Waals surface area contributed by atoms with Gasteiger partial charge in [-0.1, -0.05) is 31.2 Å². The van der Waals surface area contributed by atoms with Gasteiger partial charge in [0, 0.05) is 0 Å². The minimum Gasteiger partial charge on any atom is -0.0620 e. The Bertz CT molecular complexity index is 189. The van der Waals surface area contributed by atoms with Crippen molar-refractivity contribution < 1.29 is 0 Å². The Hall–Kier alpha value is -0.780. The Balaban J connectivity index is 3.01. The average molecular weight is 118 g/mol. The van der Waals surface area contributed by atoms with Crippen LogP contribution in [0.3, 0.4) is 0 Å². The molecule has 0 bridgehead atoms. The molecule has 46 valence electrons. The summed E-state index contributed by atoms with van der Waals surface area (Å²) in [6.07, 6.45) is 2.06. The maximum atomic E-state index is 3.86. The molecule has 1 rings (SSSR count). The lowest BCUT2D eigenvalue weighted by Crippen LogP contribution is -1.80. The largest absolute Gasteiger partial charge is 0.0620 e. The van der Waals surface area contributed by atoms with E-state index in [2.05, 4.69) is 19.4 Å². The van der Waals surface area contributed by atoms with Gasteiger partial charge in [0.15, 0.2) is 0 Å². The van der Waals surface area contributed by atoms with Crippen LogP contribution in [0.5, 0.6) is 0 Å². The van der Waals surface area contributed by atoms with E-state index in [1.807, 2.05) is 25.1 Å². The van der Waals surface area contributed by atoms with E-state index < -0.39 is 0 Å². The van der Waals surface area contributed by atoms with E-state index in [9.17, 15) is 0 Å². The Morgan fingerprint density at radius 2 is 2.00 bits per heavy atom. The quantitative estimate of drug-likeness (QED) is 0.531. The molecule has 1 aromatic rings. The predicted molar refractivity (Wildman–Crippen MR) is 40.0 cm³/mol. The van der Waals surface area contributed by atoms with Crippen LogP contribution in [-0.4, -0.2) is 0 Å². The third-order valence-corrected chi connectivity index (χ3v) is 1.37. The average Bonchev–Trinajstić information content (AvgIpc) is 1.89. The van der Waals surface area contributed by atoms with Gasteiger partial charge in [-0.15, -0.1) is 0 Å². The molecule has 0 saturated heterocycles. The summed E-state index contributed by atoms with van der Waals surface area (Å²) >= 11 is 0. The molecule has 0 atom stereocenters. The molecule has 0 unspecified atom stereocenters. The van der Waals surface area contributed by atoms with Crippen LogP contribution < -0.4 is 0 Å². The summed E-state index contributed by atoms with van der Waals surface area (Å²) in [5.41, 5.74) is 2.32.